The van der Waals surface area contributed by atoms with E-state index < -0.39 is 6.43 Å². The first-order valence-corrected chi connectivity index (χ1v) is 5.40. The van der Waals surface area contributed by atoms with Crippen molar-refractivity contribution in [3.63, 3.8) is 0 Å². The van der Waals surface area contributed by atoms with Crippen molar-refractivity contribution in [2.75, 3.05) is 5.32 Å². The van der Waals surface area contributed by atoms with E-state index in [2.05, 4.69) is 5.32 Å². The lowest BCUT2D eigenvalue weighted by atomic mass is 10.2. The molecule has 0 radical (unpaired) electrons. The van der Waals surface area contributed by atoms with Crippen LogP contribution < -0.4 is 5.32 Å². The van der Waals surface area contributed by atoms with E-state index in [1.165, 1.54) is 18.9 Å². The average Bonchev–Trinajstić information content (AvgIpc) is 2.71. The Morgan fingerprint density at radius 3 is 2.60 bits per heavy atom. The molecule has 1 aromatic carbocycles. The zero-order valence-electron chi connectivity index (χ0n) is 8.55. The fourth-order valence-corrected chi connectivity index (χ4v) is 2.07. The van der Waals surface area contributed by atoms with Crippen LogP contribution >= 0.6 is 0 Å². The van der Waals surface area contributed by atoms with E-state index in [0.29, 0.717) is 6.04 Å². The largest absolute Gasteiger partial charge is 0.382 e. The minimum Gasteiger partial charge on any atom is -0.382 e. The molecular formula is C12H15F2N. The second kappa shape index (κ2) is 4.60. The molecule has 1 aliphatic rings. The Hall–Kier alpha value is -1.12. The third-order valence-electron chi connectivity index (χ3n) is 2.86. The molecule has 15 heavy (non-hydrogen) atoms. The van der Waals surface area contributed by atoms with Crippen molar-refractivity contribution in [2.45, 2.75) is 38.2 Å². The quantitative estimate of drug-likeness (QED) is 0.797. The number of halogens is 2. The Morgan fingerprint density at radius 1 is 1.20 bits per heavy atom. The van der Waals surface area contributed by atoms with Crippen LogP contribution in [0.25, 0.3) is 0 Å². The number of benzene rings is 1. The van der Waals surface area contributed by atoms with Crippen LogP contribution in [0.1, 0.15) is 37.7 Å². The van der Waals surface area contributed by atoms with Gasteiger partial charge in [-0.15, -0.1) is 0 Å². The highest BCUT2D eigenvalue weighted by Gasteiger charge is 2.15. The summed E-state index contributed by atoms with van der Waals surface area (Å²) in [5.74, 6) is 0. The fraction of sp³-hybridized carbons (Fsp3) is 0.500. The third-order valence-corrected chi connectivity index (χ3v) is 2.86. The van der Waals surface area contributed by atoms with E-state index in [4.69, 9.17) is 0 Å². The van der Waals surface area contributed by atoms with Gasteiger partial charge in [0.2, 0.25) is 0 Å². The molecule has 1 nitrogen and oxygen atoms in total. The van der Waals surface area contributed by atoms with Gasteiger partial charge in [0.1, 0.15) is 0 Å². The van der Waals surface area contributed by atoms with Gasteiger partial charge in [0.15, 0.2) is 0 Å². The molecule has 0 unspecified atom stereocenters. The Kier molecular flexibility index (Phi) is 3.19. The topological polar surface area (TPSA) is 12.0 Å². The molecule has 1 fully saturated rings. The van der Waals surface area contributed by atoms with E-state index in [1.807, 2.05) is 6.07 Å². The van der Waals surface area contributed by atoms with E-state index in [1.54, 1.807) is 12.1 Å². The van der Waals surface area contributed by atoms with E-state index in [0.717, 1.165) is 18.5 Å². The zero-order valence-corrected chi connectivity index (χ0v) is 8.55. The lowest BCUT2D eigenvalue weighted by Gasteiger charge is -2.14. The van der Waals surface area contributed by atoms with Crippen molar-refractivity contribution in [3.8, 4) is 0 Å². The molecule has 0 amide bonds. The maximum Gasteiger partial charge on any atom is 0.263 e. The predicted molar refractivity (Wildman–Crippen MR) is 57.3 cm³/mol. The predicted octanol–water partition coefficient (Wildman–Crippen LogP) is 3.98. The summed E-state index contributed by atoms with van der Waals surface area (Å²) >= 11 is 0. The van der Waals surface area contributed by atoms with Gasteiger partial charge in [-0.05, 0) is 25.0 Å². The van der Waals surface area contributed by atoms with Crippen LogP contribution in [0.5, 0.6) is 0 Å². The number of hydrogen-bond acceptors (Lipinski definition) is 1. The van der Waals surface area contributed by atoms with Crippen molar-refractivity contribution in [1.29, 1.82) is 0 Å². The molecule has 0 saturated heterocycles. The molecule has 3 heteroatoms. The first kappa shape index (κ1) is 10.4. The van der Waals surface area contributed by atoms with Crippen LogP contribution in [0.3, 0.4) is 0 Å². The molecule has 2 rings (SSSR count). The normalized spacial score (nSPS) is 17.3. The zero-order chi connectivity index (χ0) is 10.7. The third kappa shape index (κ3) is 2.67. The molecule has 0 atom stereocenters. The molecule has 0 heterocycles. The highest BCUT2D eigenvalue weighted by molar-refractivity contribution is 5.46. The summed E-state index contributed by atoms with van der Waals surface area (Å²) in [6.45, 7) is 0. The maximum atomic E-state index is 12.4. The number of hydrogen-bond donors (Lipinski definition) is 1. The van der Waals surface area contributed by atoms with Crippen molar-refractivity contribution >= 4 is 5.69 Å². The highest BCUT2D eigenvalue weighted by Crippen LogP contribution is 2.25. The standard InChI is InChI=1S/C12H15F2N/c13-12(14)9-4-3-7-11(8-9)15-10-5-1-2-6-10/h3-4,7-8,10,12,15H,1-2,5-6H2. The van der Waals surface area contributed by atoms with Crippen molar-refractivity contribution in [3.05, 3.63) is 29.8 Å². The van der Waals surface area contributed by atoms with Crippen LogP contribution in [0.4, 0.5) is 14.5 Å². The number of alkyl halides is 2. The Bertz CT molecular complexity index is 319. The van der Waals surface area contributed by atoms with Gasteiger partial charge in [-0.2, -0.15) is 0 Å². The molecule has 1 saturated carbocycles. The van der Waals surface area contributed by atoms with Gasteiger partial charge in [-0.3, -0.25) is 0 Å². The Labute approximate surface area is 88.5 Å². The summed E-state index contributed by atoms with van der Waals surface area (Å²) in [5.41, 5.74) is 0.915. The first-order chi connectivity index (χ1) is 7.25. The van der Waals surface area contributed by atoms with Crippen molar-refractivity contribution in [1.82, 2.24) is 0 Å². The van der Waals surface area contributed by atoms with E-state index in [-0.39, 0.29) is 5.56 Å². The number of nitrogens with one attached hydrogen (secondary N) is 1. The lowest BCUT2D eigenvalue weighted by molar-refractivity contribution is 0.151. The van der Waals surface area contributed by atoms with Crippen LogP contribution in [0, 0.1) is 0 Å². The summed E-state index contributed by atoms with van der Waals surface area (Å²) in [7, 11) is 0. The second-order valence-corrected chi connectivity index (χ2v) is 4.05. The van der Waals surface area contributed by atoms with Gasteiger partial charge in [0.25, 0.3) is 6.43 Å². The number of anilines is 1. The van der Waals surface area contributed by atoms with Crippen molar-refractivity contribution in [2.24, 2.45) is 0 Å². The minimum atomic E-state index is -2.38. The Balaban J connectivity index is 2.04. The van der Waals surface area contributed by atoms with Crippen LogP contribution in [-0.2, 0) is 0 Å². The molecule has 0 aromatic heterocycles. The van der Waals surface area contributed by atoms with Gasteiger partial charge >= 0.3 is 0 Å². The van der Waals surface area contributed by atoms with Crippen molar-refractivity contribution < 1.29 is 8.78 Å². The summed E-state index contributed by atoms with van der Waals surface area (Å²) in [6.07, 6.45) is 2.41. The van der Waals surface area contributed by atoms with E-state index in [9.17, 15) is 8.78 Å². The fourth-order valence-electron chi connectivity index (χ4n) is 2.07. The van der Waals surface area contributed by atoms with Gasteiger partial charge in [0.05, 0.1) is 0 Å². The average molecular weight is 211 g/mol. The summed E-state index contributed by atoms with van der Waals surface area (Å²) in [5, 5.41) is 3.30. The summed E-state index contributed by atoms with van der Waals surface area (Å²) < 4.78 is 24.9. The monoisotopic (exact) mass is 211 g/mol. The highest BCUT2D eigenvalue weighted by atomic mass is 19.3. The summed E-state index contributed by atoms with van der Waals surface area (Å²) in [6, 6.07) is 7.01. The molecule has 82 valence electrons. The molecule has 0 aliphatic heterocycles. The van der Waals surface area contributed by atoms with Gasteiger partial charge in [0, 0.05) is 17.3 Å². The van der Waals surface area contributed by atoms with Gasteiger partial charge < -0.3 is 5.32 Å². The SMILES string of the molecule is FC(F)c1cccc(NC2CCCC2)c1. The number of rotatable bonds is 3. The van der Waals surface area contributed by atoms with Crippen LogP contribution in [0.15, 0.2) is 24.3 Å². The van der Waals surface area contributed by atoms with Gasteiger partial charge in [-0.1, -0.05) is 25.0 Å². The molecule has 0 bridgehead atoms. The van der Waals surface area contributed by atoms with E-state index >= 15 is 0 Å². The van der Waals surface area contributed by atoms with Crippen LogP contribution in [-0.4, -0.2) is 6.04 Å². The minimum absolute atomic E-state index is 0.0954. The molecule has 1 N–H and O–H groups in total. The Morgan fingerprint density at radius 2 is 1.93 bits per heavy atom. The first-order valence-electron chi connectivity index (χ1n) is 5.40. The molecular weight excluding hydrogens is 196 g/mol. The lowest BCUT2D eigenvalue weighted by Crippen LogP contribution is -2.14. The molecule has 1 aromatic rings. The summed E-state index contributed by atoms with van der Waals surface area (Å²) in [4.78, 5) is 0. The van der Waals surface area contributed by atoms with Crippen LogP contribution in [0.2, 0.25) is 0 Å². The molecule has 0 spiro atoms. The maximum absolute atomic E-state index is 12.4. The second-order valence-electron chi connectivity index (χ2n) is 4.05. The molecule has 1 aliphatic carbocycles. The smallest absolute Gasteiger partial charge is 0.263 e. The van der Waals surface area contributed by atoms with Gasteiger partial charge in [-0.25, -0.2) is 8.78 Å².